The molecule has 0 bridgehead atoms. The third-order valence-corrected chi connectivity index (χ3v) is 6.89. The first-order valence-electron chi connectivity index (χ1n) is 11.3. The van der Waals surface area contributed by atoms with Gasteiger partial charge in [0.2, 0.25) is 5.91 Å². The van der Waals surface area contributed by atoms with Crippen molar-refractivity contribution in [3.8, 4) is 0 Å². The van der Waals surface area contributed by atoms with Crippen LogP contribution in [0.15, 0.2) is 24.3 Å². The average Bonchev–Trinajstić information content (AvgIpc) is 3.27. The first-order chi connectivity index (χ1) is 14.2. The van der Waals surface area contributed by atoms with E-state index in [1.165, 1.54) is 44.2 Å². The molecule has 160 valence electrons. The van der Waals surface area contributed by atoms with Gasteiger partial charge in [-0.1, -0.05) is 31.4 Å². The fourth-order valence-electron chi connectivity index (χ4n) is 5.15. The highest BCUT2D eigenvalue weighted by atomic mass is 19.1. The predicted molar refractivity (Wildman–Crippen MR) is 111 cm³/mol. The van der Waals surface area contributed by atoms with Crippen molar-refractivity contribution in [1.82, 2.24) is 15.1 Å². The molecular formula is C23H34FN3O2. The highest BCUT2D eigenvalue weighted by molar-refractivity contribution is 5.79. The summed E-state index contributed by atoms with van der Waals surface area (Å²) in [4.78, 5) is 17.8. The Morgan fingerprint density at radius 1 is 1.07 bits per heavy atom. The molecule has 1 saturated carbocycles. The molecule has 6 heteroatoms. The van der Waals surface area contributed by atoms with Gasteiger partial charge in [-0.2, -0.15) is 0 Å². The fourth-order valence-corrected chi connectivity index (χ4v) is 5.15. The van der Waals surface area contributed by atoms with E-state index >= 15 is 0 Å². The Hall–Kier alpha value is -1.50. The predicted octanol–water partition coefficient (Wildman–Crippen LogP) is 2.97. The van der Waals surface area contributed by atoms with Crippen LogP contribution in [0.3, 0.4) is 0 Å². The highest BCUT2D eigenvalue weighted by Crippen LogP contribution is 2.28. The number of ether oxygens (including phenoxy) is 1. The molecule has 2 aliphatic heterocycles. The molecule has 3 fully saturated rings. The third kappa shape index (κ3) is 5.36. The minimum atomic E-state index is -0.229. The van der Waals surface area contributed by atoms with E-state index in [4.69, 9.17) is 4.74 Å². The fraction of sp³-hybridized carbons (Fsp3) is 0.696. The maximum Gasteiger partial charge on any atom is 0.224 e. The lowest BCUT2D eigenvalue weighted by Crippen LogP contribution is -2.45. The molecule has 4 rings (SSSR count). The number of benzene rings is 1. The molecule has 2 unspecified atom stereocenters. The average molecular weight is 404 g/mol. The molecule has 0 aromatic heterocycles. The van der Waals surface area contributed by atoms with Crippen molar-refractivity contribution in [1.29, 1.82) is 0 Å². The van der Waals surface area contributed by atoms with Gasteiger partial charge in [-0.25, -0.2) is 4.39 Å². The number of hydrogen-bond acceptors (Lipinski definition) is 4. The number of nitrogens with zero attached hydrogens (tertiary/aromatic N) is 2. The molecule has 1 aliphatic carbocycles. The summed E-state index contributed by atoms with van der Waals surface area (Å²) in [7, 11) is 0. The molecule has 2 atom stereocenters. The summed E-state index contributed by atoms with van der Waals surface area (Å²) >= 11 is 0. The van der Waals surface area contributed by atoms with Crippen LogP contribution in [0.2, 0.25) is 0 Å². The Morgan fingerprint density at radius 3 is 2.52 bits per heavy atom. The summed E-state index contributed by atoms with van der Waals surface area (Å²) < 4.78 is 18.9. The van der Waals surface area contributed by atoms with Crippen molar-refractivity contribution in [2.75, 3.05) is 45.9 Å². The SMILES string of the molecule is O=C(NCC(c1ccc(F)cc1)N1CCOCC1)C1CCN(C2CCCCC2)C1. The zero-order valence-corrected chi connectivity index (χ0v) is 17.3. The number of carbonyl (C=O) groups excluding carboxylic acids is 1. The van der Waals surface area contributed by atoms with Crippen LogP contribution >= 0.6 is 0 Å². The first kappa shape index (κ1) is 20.8. The topological polar surface area (TPSA) is 44.8 Å². The Labute approximate surface area is 173 Å². The monoisotopic (exact) mass is 403 g/mol. The lowest BCUT2D eigenvalue weighted by molar-refractivity contribution is -0.125. The van der Waals surface area contributed by atoms with Crippen LogP contribution in [0.25, 0.3) is 0 Å². The van der Waals surface area contributed by atoms with Crippen LogP contribution in [0.4, 0.5) is 4.39 Å². The number of morpholine rings is 1. The summed E-state index contributed by atoms with van der Waals surface area (Å²) in [5.74, 6) is 0.0337. The smallest absolute Gasteiger partial charge is 0.224 e. The van der Waals surface area contributed by atoms with Crippen LogP contribution in [0.1, 0.15) is 50.1 Å². The van der Waals surface area contributed by atoms with Crippen molar-refractivity contribution in [2.45, 2.75) is 50.6 Å². The Bertz CT molecular complexity index is 657. The lowest BCUT2D eigenvalue weighted by Gasteiger charge is -2.35. The molecule has 3 aliphatic rings. The van der Waals surface area contributed by atoms with Gasteiger partial charge in [0, 0.05) is 32.2 Å². The van der Waals surface area contributed by atoms with Crippen LogP contribution in [0.5, 0.6) is 0 Å². The maximum atomic E-state index is 13.4. The first-order valence-corrected chi connectivity index (χ1v) is 11.3. The van der Waals surface area contributed by atoms with Crippen molar-refractivity contribution in [3.63, 3.8) is 0 Å². The molecule has 1 aromatic rings. The molecule has 2 saturated heterocycles. The van der Waals surface area contributed by atoms with Gasteiger partial charge in [-0.15, -0.1) is 0 Å². The molecule has 0 radical (unpaired) electrons. The standard InChI is InChI=1S/C23H34FN3O2/c24-20-8-6-18(7-9-20)22(26-12-14-29-15-13-26)16-25-23(28)19-10-11-27(17-19)21-4-2-1-3-5-21/h6-9,19,21-22H,1-5,10-17H2,(H,25,28). The summed E-state index contributed by atoms with van der Waals surface area (Å²) in [5, 5.41) is 3.22. The zero-order valence-electron chi connectivity index (χ0n) is 17.3. The number of likely N-dealkylation sites (tertiary alicyclic amines) is 1. The Balaban J connectivity index is 1.34. The van der Waals surface area contributed by atoms with Crippen molar-refractivity contribution < 1.29 is 13.9 Å². The molecule has 2 heterocycles. The highest BCUT2D eigenvalue weighted by Gasteiger charge is 2.33. The lowest BCUT2D eigenvalue weighted by atomic mass is 9.94. The molecule has 1 aromatic carbocycles. The zero-order chi connectivity index (χ0) is 20.1. The number of halogens is 1. The van der Waals surface area contributed by atoms with E-state index < -0.39 is 0 Å². The molecule has 5 nitrogen and oxygen atoms in total. The van der Waals surface area contributed by atoms with Gasteiger partial charge in [-0.05, 0) is 43.5 Å². The van der Waals surface area contributed by atoms with E-state index in [0.717, 1.165) is 38.2 Å². The van der Waals surface area contributed by atoms with Crippen molar-refractivity contribution >= 4 is 5.91 Å². The number of rotatable bonds is 6. The number of nitrogens with one attached hydrogen (secondary N) is 1. The third-order valence-electron chi connectivity index (χ3n) is 6.89. The minimum absolute atomic E-state index is 0.0549. The van der Waals surface area contributed by atoms with Gasteiger partial charge in [-0.3, -0.25) is 14.6 Å². The van der Waals surface area contributed by atoms with Crippen LogP contribution in [-0.4, -0.2) is 67.7 Å². The molecule has 1 amide bonds. The summed E-state index contributed by atoms with van der Waals surface area (Å²) in [6.45, 7) is 5.57. The second kappa shape index (κ2) is 10.0. The minimum Gasteiger partial charge on any atom is -0.379 e. The van der Waals surface area contributed by atoms with E-state index in [0.29, 0.717) is 25.8 Å². The van der Waals surface area contributed by atoms with E-state index in [2.05, 4.69) is 15.1 Å². The van der Waals surface area contributed by atoms with Gasteiger partial charge >= 0.3 is 0 Å². The van der Waals surface area contributed by atoms with Crippen LogP contribution in [-0.2, 0) is 9.53 Å². The van der Waals surface area contributed by atoms with Gasteiger partial charge in [0.1, 0.15) is 5.82 Å². The summed E-state index contributed by atoms with van der Waals surface area (Å²) in [6, 6.07) is 7.42. The molecule has 29 heavy (non-hydrogen) atoms. The van der Waals surface area contributed by atoms with Crippen LogP contribution in [0, 0.1) is 11.7 Å². The largest absolute Gasteiger partial charge is 0.379 e. The van der Waals surface area contributed by atoms with E-state index in [1.807, 2.05) is 12.1 Å². The molecule has 0 spiro atoms. The Morgan fingerprint density at radius 2 is 1.79 bits per heavy atom. The second-order valence-electron chi connectivity index (χ2n) is 8.73. The summed E-state index contributed by atoms with van der Waals surface area (Å²) in [5.41, 5.74) is 1.05. The number of amides is 1. The van der Waals surface area contributed by atoms with Gasteiger partial charge in [0.15, 0.2) is 0 Å². The number of carbonyl (C=O) groups is 1. The van der Waals surface area contributed by atoms with Crippen molar-refractivity contribution in [3.05, 3.63) is 35.6 Å². The normalized spacial score (nSPS) is 25.8. The number of hydrogen-bond donors (Lipinski definition) is 1. The maximum absolute atomic E-state index is 13.4. The van der Waals surface area contributed by atoms with Gasteiger partial charge in [0.25, 0.3) is 0 Å². The molecular weight excluding hydrogens is 369 g/mol. The van der Waals surface area contributed by atoms with E-state index in [-0.39, 0.29) is 23.7 Å². The molecule has 1 N–H and O–H groups in total. The van der Waals surface area contributed by atoms with Crippen LogP contribution < -0.4 is 5.32 Å². The van der Waals surface area contributed by atoms with E-state index in [9.17, 15) is 9.18 Å². The van der Waals surface area contributed by atoms with E-state index in [1.54, 1.807) is 0 Å². The van der Waals surface area contributed by atoms with Gasteiger partial charge < -0.3 is 10.1 Å². The second-order valence-corrected chi connectivity index (χ2v) is 8.73. The van der Waals surface area contributed by atoms with Crippen molar-refractivity contribution in [2.24, 2.45) is 5.92 Å². The summed E-state index contributed by atoms with van der Waals surface area (Å²) in [6.07, 6.45) is 7.56. The Kier molecular flexibility index (Phi) is 7.16. The quantitative estimate of drug-likeness (QED) is 0.793. The van der Waals surface area contributed by atoms with Gasteiger partial charge in [0.05, 0.1) is 25.2 Å².